The number of sulfone groups is 1. The second-order valence-corrected chi connectivity index (χ2v) is 9.31. The van der Waals surface area contributed by atoms with E-state index >= 15 is 0 Å². The molecule has 3 rings (SSSR count). The number of aromatic nitrogens is 1. The number of halogens is 3. The molecule has 0 saturated carbocycles. The highest BCUT2D eigenvalue weighted by atomic mass is 32.2. The number of amides is 1. The predicted octanol–water partition coefficient (Wildman–Crippen LogP) is 2.00. The van der Waals surface area contributed by atoms with Gasteiger partial charge in [-0.05, 0) is 12.1 Å². The number of alkyl halides is 3. The molecule has 5 nitrogen and oxygen atoms in total. The van der Waals surface area contributed by atoms with E-state index in [2.05, 4.69) is 4.98 Å². The van der Waals surface area contributed by atoms with Gasteiger partial charge in [-0.25, -0.2) is 8.42 Å². The van der Waals surface area contributed by atoms with E-state index < -0.39 is 38.3 Å². The molecule has 1 amide bonds. The minimum atomic E-state index is -4.51. The quantitative estimate of drug-likeness (QED) is 0.766. The Kier molecular flexibility index (Phi) is 3.53. The average Bonchev–Trinajstić information content (AvgIpc) is 2.76. The van der Waals surface area contributed by atoms with Gasteiger partial charge in [0.15, 0.2) is 9.84 Å². The van der Waals surface area contributed by atoms with Crippen LogP contribution in [0.3, 0.4) is 0 Å². The van der Waals surface area contributed by atoms with Crippen molar-refractivity contribution in [2.45, 2.75) is 20.0 Å². The summed E-state index contributed by atoms with van der Waals surface area (Å²) in [5.41, 5.74) is -2.08. The highest BCUT2D eigenvalue weighted by Crippen LogP contribution is 2.52. The van der Waals surface area contributed by atoms with Crippen molar-refractivity contribution in [3.05, 3.63) is 29.6 Å². The first-order chi connectivity index (χ1) is 10.9. The summed E-state index contributed by atoms with van der Waals surface area (Å²) in [6, 6.07) is 1.88. The summed E-state index contributed by atoms with van der Waals surface area (Å²) in [5, 5.41) is 0. The van der Waals surface area contributed by atoms with E-state index in [1.807, 2.05) is 13.8 Å². The number of carbonyl (C=O) groups excluding carboxylic acids is 1. The number of hydrogen-bond donors (Lipinski definition) is 0. The molecule has 2 atom stereocenters. The molecule has 1 aromatic heterocycles. The van der Waals surface area contributed by atoms with E-state index in [9.17, 15) is 26.4 Å². The summed E-state index contributed by atoms with van der Waals surface area (Å²) < 4.78 is 61.5. The first-order valence-electron chi connectivity index (χ1n) is 7.38. The Morgan fingerprint density at radius 3 is 2.12 bits per heavy atom. The molecule has 2 aliphatic heterocycles. The van der Waals surface area contributed by atoms with Crippen LogP contribution in [0.2, 0.25) is 0 Å². The van der Waals surface area contributed by atoms with Gasteiger partial charge >= 0.3 is 6.18 Å². The summed E-state index contributed by atoms with van der Waals surface area (Å²) >= 11 is 0. The number of pyridine rings is 1. The third kappa shape index (κ3) is 2.68. The molecule has 2 aliphatic rings. The van der Waals surface area contributed by atoms with Gasteiger partial charge in [0.05, 0.1) is 17.1 Å². The first kappa shape index (κ1) is 17.2. The van der Waals surface area contributed by atoms with Gasteiger partial charge in [-0.1, -0.05) is 13.8 Å². The Hall–Kier alpha value is -1.64. The molecule has 1 aromatic rings. The molecule has 0 N–H and O–H groups in total. The molecule has 3 heterocycles. The van der Waals surface area contributed by atoms with Crippen molar-refractivity contribution >= 4 is 15.7 Å². The van der Waals surface area contributed by atoms with Gasteiger partial charge in [0.25, 0.3) is 5.91 Å². The van der Waals surface area contributed by atoms with E-state index in [1.165, 1.54) is 4.90 Å². The number of fused-ring (bicyclic) bond motifs is 1. The van der Waals surface area contributed by atoms with Crippen molar-refractivity contribution in [1.29, 1.82) is 0 Å². The smallest absolute Gasteiger partial charge is 0.336 e. The predicted molar refractivity (Wildman–Crippen MR) is 80.0 cm³/mol. The van der Waals surface area contributed by atoms with E-state index in [0.717, 1.165) is 12.1 Å². The minimum absolute atomic E-state index is 0.0146. The van der Waals surface area contributed by atoms with Crippen LogP contribution in [0.1, 0.15) is 29.9 Å². The lowest BCUT2D eigenvalue weighted by Gasteiger charge is -2.29. The largest absolute Gasteiger partial charge is 0.417 e. The van der Waals surface area contributed by atoms with Crippen LogP contribution in [-0.4, -0.2) is 48.8 Å². The van der Waals surface area contributed by atoms with E-state index in [-0.39, 0.29) is 30.3 Å². The van der Waals surface area contributed by atoms with Crippen LogP contribution in [0.25, 0.3) is 0 Å². The molecule has 0 spiro atoms. The summed E-state index contributed by atoms with van der Waals surface area (Å²) in [7, 11) is -3.14. The summed E-state index contributed by atoms with van der Waals surface area (Å²) in [6.07, 6.45) is -3.87. The van der Waals surface area contributed by atoms with Crippen molar-refractivity contribution in [3.63, 3.8) is 0 Å². The molecule has 0 bridgehead atoms. The van der Waals surface area contributed by atoms with Crippen molar-refractivity contribution < 1.29 is 26.4 Å². The summed E-state index contributed by atoms with van der Waals surface area (Å²) in [4.78, 5) is 17.6. The molecular formula is C15H17F3N2O3S. The topological polar surface area (TPSA) is 67.3 Å². The van der Waals surface area contributed by atoms with Crippen molar-refractivity contribution in [2.75, 3.05) is 24.6 Å². The minimum Gasteiger partial charge on any atom is -0.336 e. The Morgan fingerprint density at radius 1 is 1.17 bits per heavy atom. The van der Waals surface area contributed by atoms with Gasteiger partial charge in [0, 0.05) is 30.1 Å². The van der Waals surface area contributed by atoms with Crippen LogP contribution in [0.15, 0.2) is 18.3 Å². The zero-order valence-electron chi connectivity index (χ0n) is 13.2. The van der Waals surface area contributed by atoms with Gasteiger partial charge in [0.1, 0.15) is 5.69 Å². The Balaban J connectivity index is 1.81. The fourth-order valence-electron chi connectivity index (χ4n) is 3.74. The van der Waals surface area contributed by atoms with Crippen LogP contribution < -0.4 is 0 Å². The number of hydrogen-bond acceptors (Lipinski definition) is 4. The standard InChI is InChI=1S/C15H17F3N2O3S/c1-13-6-20(7-14(13,2)9-24(22,23)8-13)12(21)11-4-3-10(5-19-11)15(16,17)18/h3-5H,6-9H2,1-2H3/t13-,14+. The fraction of sp³-hybridized carbons (Fsp3) is 0.600. The first-order valence-corrected chi connectivity index (χ1v) is 9.20. The molecule has 0 aromatic carbocycles. The maximum Gasteiger partial charge on any atom is 0.417 e. The maximum absolute atomic E-state index is 12.6. The Morgan fingerprint density at radius 2 is 1.71 bits per heavy atom. The Labute approximate surface area is 137 Å². The highest BCUT2D eigenvalue weighted by Gasteiger charge is 2.61. The lowest BCUT2D eigenvalue weighted by molar-refractivity contribution is -0.137. The van der Waals surface area contributed by atoms with Crippen LogP contribution in [0.4, 0.5) is 13.2 Å². The lowest BCUT2D eigenvalue weighted by atomic mass is 9.71. The summed E-state index contributed by atoms with van der Waals surface area (Å²) in [6.45, 7) is 4.19. The number of carbonyl (C=O) groups is 1. The molecule has 0 aliphatic carbocycles. The molecule has 9 heteroatoms. The summed E-state index contributed by atoms with van der Waals surface area (Å²) in [5.74, 6) is -0.445. The normalized spacial score (nSPS) is 32.0. The van der Waals surface area contributed by atoms with Gasteiger partial charge in [-0.2, -0.15) is 13.2 Å². The zero-order valence-corrected chi connectivity index (χ0v) is 14.0. The molecule has 0 unspecified atom stereocenters. The van der Waals surface area contributed by atoms with Gasteiger partial charge in [0.2, 0.25) is 0 Å². The van der Waals surface area contributed by atoms with Crippen molar-refractivity contribution in [3.8, 4) is 0 Å². The third-order valence-electron chi connectivity index (χ3n) is 5.21. The number of nitrogens with zero attached hydrogens (tertiary/aromatic N) is 2. The van der Waals surface area contributed by atoms with Crippen LogP contribution in [-0.2, 0) is 16.0 Å². The second kappa shape index (κ2) is 4.93. The van der Waals surface area contributed by atoms with Crippen molar-refractivity contribution in [2.24, 2.45) is 10.8 Å². The van der Waals surface area contributed by atoms with E-state index in [0.29, 0.717) is 6.20 Å². The van der Waals surface area contributed by atoms with Crippen LogP contribution in [0.5, 0.6) is 0 Å². The monoisotopic (exact) mass is 362 g/mol. The molecule has 132 valence electrons. The molecule has 0 radical (unpaired) electrons. The zero-order chi connectivity index (χ0) is 18.0. The highest BCUT2D eigenvalue weighted by molar-refractivity contribution is 7.91. The average molecular weight is 362 g/mol. The van der Waals surface area contributed by atoms with Crippen molar-refractivity contribution in [1.82, 2.24) is 9.88 Å². The number of likely N-dealkylation sites (tertiary alicyclic amines) is 1. The van der Waals surface area contributed by atoms with E-state index in [4.69, 9.17) is 0 Å². The molecule has 2 saturated heterocycles. The molecule has 2 fully saturated rings. The Bertz CT molecular complexity index is 765. The second-order valence-electron chi connectivity index (χ2n) is 7.24. The third-order valence-corrected chi connectivity index (χ3v) is 7.36. The SMILES string of the molecule is C[C@@]12CN(C(=O)c3ccc(C(F)(F)F)cn3)C[C@]1(C)CS(=O)(=O)C2. The van der Waals surface area contributed by atoms with Gasteiger partial charge in [-0.15, -0.1) is 0 Å². The fourth-order valence-corrected chi connectivity index (χ4v) is 6.66. The van der Waals surface area contributed by atoms with Gasteiger partial charge < -0.3 is 4.90 Å². The maximum atomic E-state index is 12.6. The van der Waals surface area contributed by atoms with E-state index in [1.54, 1.807) is 0 Å². The van der Waals surface area contributed by atoms with Crippen LogP contribution in [0, 0.1) is 10.8 Å². The van der Waals surface area contributed by atoms with Gasteiger partial charge in [-0.3, -0.25) is 9.78 Å². The van der Waals surface area contributed by atoms with Crippen LogP contribution >= 0.6 is 0 Å². The lowest BCUT2D eigenvalue weighted by Crippen LogP contribution is -2.34. The number of rotatable bonds is 1. The molecule has 24 heavy (non-hydrogen) atoms. The molecular weight excluding hydrogens is 345 g/mol.